The monoisotopic (exact) mass is 344 g/mol. The molecule has 0 spiro atoms. The van der Waals surface area contributed by atoms with Gasteiger partial charge in [-0.15, -0.1) is 0 Å². The summed E-state index contributed by atoms with van der Waals surface area (Å²) in [4.78, 5) is 26.0. The minimum atomic E-state index is -0.429. The van der Waals surface area contributed by atoms with E-state index in [2.05, 4.69) is 5.32 Å². The number of benzene rings is 2. The van der Waals surface area contributed by atoms with Crippen molar-refractivity contribution in [3.8, 4) is 0 Å². The van der Waals surface area contributed by atoms with Gasteiger partial charge >= 0.3 is 0 Å². The molecule has 2 aromatic carbocycles. The van der Waals surface area contributed by atoms with Crippen molar-refractivity contribution in [2.45, 2.75) is 19.5 Å². The molecule has 0 aliphatic carbocycles. The smallest absolute Gasteiger partial charge is 0.225 e. The van der Waals surface area contributed by atoms with E-state index in [1.165, 1.54) is 24.3 Å². The first-order valence-corrected chi connectivity index (χ1v) is 8.05. The first-order chi connectivity index (χ1) is 12.0. The molecule has 4 nitrogen and oxygen atoms in total. The van der Waals surface area contributed by atoms with E-state index in [1.54, 1.807) is 29.2 Å². The van der Waals surface area contributed by atoms with Gasteiger partial charge in [-0.1, -0.05) is 24.3 Å². The predicted octanol–water partition coefficient (Wildman–Crippen LogP) is 2.63. The molecule has 1 aliphatic heterocycles. The fourth-order valence-electron chi connectivity index (χ4n) is 2.89. The van der Waals surface area contributed by atoms with Crippen LogP contribution in [0.5, 0.6) is 0 Å². The Morgan fingerprint density at radius 1 is 1.08 bits per heavy atom. The SMILES string of the molecule is O=C(NCc1cccc(F)c1)C1CC(=O)N(Cc2ccc(F)cc2)C1. The molecule has 1 heterocycles. The zero-order valence-corrected chi connectivity index (χ0v) is 13.5. The lowest BCUT2D eigenvalue weighted by molar-refractivity contribution is -0.129. The Balaban J connectivity index is 1.54. The summed E-state index contributed by atoms with van der Waals surface area (Å²) in [7, 11) is 0. The van der Waals surface area contributed by atoms with Crippen LogP contribution in [0.25, 0.3) is 0 Å². The minimum absolute atomic E-state index is 0.102. The number of nitrogens with one attached hydrogen (secondary N) is 1. The van der Waals surface area contributed by atoms with Gasteiger partial charge in [0, 0.05) is 26.1 Å². The molecule has 130 valence electrons. The van der Waals surface area contributed by atoms with Gasteiger partial charge in [-0.3, -0.25) is 9.59 Å². The number of nitrogens with zero attached hydrogens (tertiary/aromatic N) is 1. The molecule has 0 saturated carbocycles. The van der Waals surface area contributed by atoms with Crippen LogP contribution >= 0.6 is 0 Å². The Morgan fingerprint density at radius 2 is 1.84 bits per heavy atom. The van der Waals surface area contributed by atoms with Crippen LogP contribution in [0.1, 0.15) is 17.5 Å². The normalized spacial score (nSPS) is 17.0. The lowest BCUT2D eigenvalue weighted by Gasteiger charge is -2.16. The molecule has 25 heavy (non-hydrogen) atoms. The summed E-state index contributed by atoms with van der Waals surface area (Å²) in [6, 6.07) is 12.0. The Labute approximate surface area is 144 Å². The zero-order chi connectivity index (χ0) is 17.8. The van der Waals surface area contributed by atoms with Gasteiger partial charge in [0.25, 0.3) is 0 Å². The number of likely N-dealkylation sites (tertiary alicyclic amines) is 1. The Kier molecular flexibility index (Phi) is 5.07. The number of hydrogen-bond acceptors (Lipinski definition) is 2. The molecule has 1 atom stereocenters. The summed E-state index contributed by atoms with van der Waals surface area (Å²) < 4.78 is 26.1. The number of rotatable bonds is 5. The van der Waals surface area contributed by atoms with Crippen molar-refractivity contribution in [3.63, 3.8) is 0 Å². The topological polar surface area (TPSA) is 49.4 Å². The maximum absolute atomic E-state index is 13.1. The summed E-state index contributed by atoms with van der Waals surface area (Å²) in [6.45, 7) is 0.900. The van der Waals surface area contributed by atoms with E-state index < -0.39 is 5.92 Å². The fraction of sp³-hybridized carbons (Fsp3) is 0.263. The average molecular weight is 344 g/mol. The van der Waals surface area contributed by atoms with Gasteiger partial charge in [0.2, 0.25) is 11.8 Å². The molecule has 2 amide bonds. The number of amides is 2. The van der Waals surface area contributed by atoms with Crippen LogP contribution in [-0.2, 0) is 22.7 Å². The van der Waals surface area contributed by atoms with Gasteiger partial charge in [-0.25, -0.2) is 8.78 Å². The van der Waals surface area contributed by atoms with Crippen LogP contribution in [0.15, 0.2) is 48.5 Å². The summed E-state index contributed by atoms with van der Waals surface area (Å²) in [5.74, 6) is -1.43. The van der Waals surface area contributed by atoms with E-state index in [-0.39, 0.29) is 36.4 Å². The van der Waals surface area contributed by atoms with E-state index >= 15 is 0 Å². The molecule has 1 aliphatic rings. The van der Waals surface area contributed by atoms with Crippen molar-refractivity contribution in [2.75, 3.05) is 6.54 Å². The van der Waals surface area contributed by atoms with Gasteiger partial charge in [0.05, 0.1) is 5.92 Å². The highest BCUT2D eigenvalue weighted by atomic mass is 19.1. The second kappa shape index (κ2) is 7.42. The molecule has 0 radical (unpaired) electrons. The second-order valence-corrected chi connectivity index (χ2v) is 6.15. The number of halogens is 2. The van der Waals surface area contributed by atoms with Crippen LogP contribution in [0.3, 0.4) is 0 Å². The van der Waals surface area contributed by atoms with Crippen LogP contribution < -0.4 is 5.32 Å². The molecular formula is C19H18F2N2O2. The Morgan fingerprint density at radius 3 is 2.56 bits per heavy atom. The van der Waals surface area contributed by atoms with Crippen LogP contribution in [0, 0.1) is 17.6 Å². The average Bonchev–Trinajstić information content (AvgIpc) is 2.96. The molecule has 0 aromatic heterocycles. The molecule has 1 unspecified atom stereocenters. The van der Waals surface area contributed by atoms with Crippen molar-refractivity contribution in [3.05, 3.63) is 71.3 Å². The molecule has 1 fully saturated rings. The third kappa shape index (κ3) is 4.41. The molecule has 3 rings (SSSR count). The minimum Gasteiger partial charge on any atom is -0.352 e. The number of hydrogen-bond donors (Lipinski definition) is 1. The highest BCUT2D eigenvalue weighted by molar-refractivity contribution is 5.89. The van der Waals surface area contributed by atoms with Crippen LogP contribution in [-0.4, -0.2) is 23.3 Å². The molecule has 6 heteroatoms. The summed E-state index contributed by atoms with van der Waals surface area (Å²) >= 11 is 0. The number of carbonyl (C=O) groups excluding carboxylic acids is 2. The Bertz CT molecular complexity index is 777. The predicted molar refractivity (Wildman–Crippen MR) is 88.2 cm³/mol. The van der Waals surface area contributed by atoms with Crippen molar-refractivity contribution >= 4 is 11.8 Å². The van der Waals surface area contributed by atoms with E-state index in [1.807, 2.05) is 0 Å². The van der Waals surface area contributed by atoms with Crippen LogP contribution in [0.2, 0.25) is 0 Å². The Hall–Kier alpha value is -2.76. The summed E-state index contributed by atoms with van der Waals surface area (Å²) in [5.41, 5.74) is 1.48. The molecule has 1 N–H and O–H groups in total. The lowest BCUT2D eigenvalue weighted by Crippen LogP contribution is -2.32. The fourth-order valence-corrected chi connectivity index (χ4v) is 2.89. The van der Waals surface area contributed by atoms with E-state index in [4.69, 9.17) is 0 Å². The standard InChI is InChI=1S/C19H18F2N2O2/c20-16-6-4-13(5-7-16)11-23-12-15(9-18(23)24)19(25)22-10-14-2-1-3-17(21)8-14/h1-8,15H,9-12H2,(H,22,25). The molecular weight excluding hydrogens is 326 g/mol. The molecule has 0 bridgehead atoms. The summed E-state index contributed by atoms with van der Waals surface area (Å²) in [6.07, 6.45) is 0.149. The first-order valence-electron chi connectivity index (χ1n) is 8.05. The third-order valence-corrected chi connectivity index (χ3v) is 4.23. The van der Waals surface area contributed by atoms with Gasteiger partial charge < -0.3 is 10.2 Å². The van der Waals surface area contributed by atoms with Crippen LogP contribution in [0.4, 0.5) is 8.78 Å². The highest BCUT2D eigenvalue weighted by Crippen LogP contribution is 2.20. The van der Waals surface area contributed by atoms with Crippen molar-refractivity contribution in [2.24, 2.45) is 5.92 Å². The van der Waals surface area contributed by atoms with Gasteiger partial charge in [0.1, 0.15) is 11.6 Å². The third-order valence-electron chi connectivity index (χ3n) is 4.23. The zero-order valence-electron chi connectivity index (χ0n) is 13.5. The molecule has 1 saturated heterocycles. The number of carbonyl (C=O) groups is 2. The van der Waals surface area contributed by atoms with E-state index in [0.717, 1.165) is 5.56 Å². The quantitative estimate of drug-likeness (QED) is 0.906. The highest BCUT2D eigenvalue weighted by Gasteiger charge is 2.34. The summed E-state index contributed by atoms with van der Waals surface area (Å²) in [5, 5.41) is 2.75. The maximum atomic E-state index is 13.1. The van der Waals surface area contributed by atoms with E-state index in [0.29, 0.717) is 18.7 Å². The maximum Gasteiger partial charge on any atom is 0.225 e. The largest absolute Gasteiger partial charge is 0.352 e. The lowest BCUT2D eigenvalue weighted by atomic mass is 10.1. The van der Waals surface area contributed by atoms with Gasteiger partial charge in [0.15, 0.2) is 0 Å². The first kappa shape index (κ1) is 17.1. The van der Waals surface area contributed by atoms with E-state index in [9.17, 15) is 18.4 Å². The van der Waals surface area contributed by atoms with Gasteiger partial charge in [-0.05, 0) is 35.4 Å². The molecule has 2 aromatic rings. The van der Waals surface area contributed by atoms with Crippen molar-refractivity contribution < 1.29 is 18.4 Å². The van der Waals surface area contributed by atoms with Gasteiger partial charge in [-0.2, -0.15) is 0 Å². The van der Waals surface area contributed by atoms with Crippen molar-refractivity contribution in [1.82, 2.24) is 10.2 Å². The van der Waals surface area contributed by atoms with Crippen molar-refractivity contribution in [1.29, 1.82) is 0 Å². The second-order valence-electron chi connectivity index (χ2n) is 6.15.